The molecule has 6 nitrogen and oxygen atoms in total. The van der Waals surface area contributed by atoms with E-state index in [2.05, 4.69) is 40.1 Å². The van der Waals surface area contributed by atoms with Crippen molar-refractivity contribution in [1.29, 1.82) is 0 Å². The van der Waals surface area contributed by atoms with E-state index < -0.39 is 0 Å². The van der Waals surface area contributed by atoms with Crippen LogP contribution in [0.3, 0.4) is 0 Å². The number of hydrogen-bond acceptors (Lipinski definition) is 5. The van der Waals surface area contributed by atoms with Gasteiger partial charge in [-0.05, 0) is 56.2 Å². The number of carbonyl (C=O) groups excluding carboxylic acids is 1. The van der Waals surface area contributed by atoms with Crippen LogP contribution in [0, 0.1) is 11.8 Å². The summed E-state index contributed by atoms with van der Waals surface area (Å²) in [6.45, 7) is 4.28. The summed E-state index contributed by atoms with van der Waals surface area (Å²) in [7, 11) is 4.95. The van der Waals surface area contributed by atoms with Gasteiger partial charge in [-0.15, -0.1) is 0 Å². The first kappa shape index (κ1) is 24.4. The minimum Gasteiger partial charge on any atom is -0.496 e. The lowest BCUT2D eigenvalue weighted by atomic mass is 9.89. The van der Waals surface area contributed by atoms with Crippen LogP contribution < -0.4 is 14.2 Å². The van der Waals surface area contributed by atoms with Crippen molar-refractivity contribution < 1.29 is 19.0 Å². The van der Waals surface area contributed by atoms with Crippen LogP contribution in [0.15, 0.2) is 42.5 Å². The monoisotopic (exact) mass is 466 g/mol. The summed E-state index contributed by atoms with van der Waals surface area (Å²) in [5, 5.41) is 0. The predicted octanol–water partition coefficient (Wildman–Crippen LogP) is 4.41. The smallest absolute Gasteiger partial charge is 0.226 e. The van der Waals surface area contributed by atoms with Crippen LogP contribution in [0.1, 0.15) is 36.8 Å². The molecule has 1 amide bonds. The highest BCUT2D eigenvalue weighted by Crippen LogP contribution is 2.36. The topological polar surface area (TPSA) is 51.2 Å². The van der Waals surface area contributed by atoms with Crippen LogP contribution >= 0.6 is 0 Å². The number of likely N-dealkylation sites (tertiary alicyclic amines) is 2. The first-order valence-electron chi connectivity index (χ1n) is 12.4. The number of hydrogen-bond donors (Lipinski definition) is 0. The van der Waals surface area contributed by atoms with E-state index in [-0.39, 0.29) is 5.92 Å². The molecule has 0 aliphatic carbocycles. The highest BCUT2D eigenvalue weighted by atomic mass is 16.5. The Balaban J connectivity index is 1.33. The van der Waals surface area contributed by atoms with Gasteiger partial charge in [-0.3, -0.25) is 9.69 Å². The molecule has 2 saturated heterocycles. The minimum atomic E-state index is 0.0746. The molecule has 2 aromatic rings. The van der Waals surface area contributed by atoms with Gasteiger partial charge in [-0.1, -0.05) is 30.3 Å². The van der Waals surface area contributed by atoms with Gasteiger partial charge in [0.2, 0.25) is 5.91 Å². The number of rotatable bonds is 8. The Morgan fingerprint density at radius 2 is 1.56 bits per heavy atom. The SMILES string of the molecule is COc1cc(OC)c(OC)cc1CN1CCCC(C(=O)N2CCC(Cc3ccccc3)CC2)C1. The van der Waals surface area contributed by atoms with Crippen LogP contribution in [0.5, 0.6) is 17.2 Å². The molecule has 2 fully saturated rings. The minimum absolute atomic E-state index is 0.0746. The van der Waals surface area contributed by atoms with Crippen LogP contribution in [-0.2, 0) is 17.8 Å². The molecule has 2 aliphatic rings. The molecule has 4 rings (SSSR count). The summed E-state index contributed by atoms with van der Waals surface area (Å²) in [4.78, 5) is 17.9. The molecule has 0 bridgehead atoms. The Morgan fingerprint density at radius 1 is 0.882 bits per heavy atom. The number of amides is 1. The Labute approximate surface area is 203 Å². The van der Waals surface area contributed by atoms with Gasteiger partial charge in [-0.2, -0.15) is 0 Å². The number of nitrogens with zero attached hydrogens (tertiary/aromatic N) is 2. The Morgan fingerprint density at radius 3 is 2.24 bits per heavy atom. The summed E-state index contributed by atoms with van der Waals surface area (Å²) in [5.74, 6) is 3.22. The molecule has 2 heterocycles. The van der Waals surface area contributed by atoms with Crippen molar-refractivity contribution in [3.05, 3.63) is 53.6 Å². The largest absolute Gasteiger partial charge is 0.496 e. The van der Waals surface area contributed by atoms with Crippen LogP contribution in [0.2, 0.25) is 0 Å². The standard InChI is InChI=1S/C28H38N2O4/c1-32-25-18-27(34-3)26(33-2)17-24(25)20-29-13-7-10-23(19-29)28(31)30-14-11-22(12-15-30)16-21-8-5-4-6-9-21/h4-6,8-9,17-18,22-23H,7,10-16,19-20H2,1-3H3. The second kappa shape index (κ2) is 11.6. The normalized spacial score (nSPS) is 19.6. The molecule has 2 aliphatic heterocycles. The molecule has 184 valence electrons. The summed E-state index contributed by atoms with van der Waals surface area (Å²) in [5.41, 5.74) is 2.45. The second-order valence-corrected chi connectivity index (χ2v) is 9.55. The molecule has 6 heteroatoms. The molecule has 1 atom stereocenters. The van der Waals surface area contributed by atoms with Gasteiger partial charge >= 0.3 is 0 Å². The first-order chi connectivity index (χ1) is 16.6. The number of benzene rings is 2. The quantitative estimate of drug-likeness (QED) is 0.577. The Hall–Kier alpha value is -2.73. The van der Waals surface area contributed by atoms with Crippen LogP contribution in [0.4, 0.5) is 0 Å². The zero-order chi connectivity index (χ0) is 23.9. The van der Waals surface area contributed by atoms with Crippen LogP contribution in [0.25, 0.3) is 0 Å². The molecule has 0 N–H and O–H groups in total. The number of piperidine rings is 2. The van der Waals surface area contributed by atoms with Gasteiger partial charge in [0.15, 0.2) is 11.5 Å². The molecule has 1 unspecified atom stereocenters. The third-order valence-electron chi connectivity index (χ3n) is 7.33. The van der Waals surface area contributed by atoms with E-state index in [1.165, 1.54) is 5.56 Å². The Kier molecular flexibility index (Phi) is 8.33. The number of methoxy groups -OCH3 is 3. The molecular weight excluding hydrogens is 428 g/mol. The molecule has 0 radical (unpaired) electrons. The third kappa shape index (κ3) is 5.84. The number of ether oxygens (including phenoxy) is 3. The third-order valence-corrected chi connectivity index (χ3v) is 7.33. The fourth-order valence-electron chi connectivity index (χ4n) is 5.42. The Bertz CT molecular complexity index is 941. The summed E-state index contributed by atoms with van der Waals surface area (Å²) >= 11 is 0. The van der Waals surface area contributed by atoms with Gasteiger partial charge in [0, 0.05) is 37.8 Å². The maximum absolute atomic E-state index is 13.4. The molecule has 34 heavy (non-hydrogen) atoms. The predicted molar refractivity (Wildman–Crippen MR) is 134 cm³/mol. The van der Waals surface area contributed by atoms with E-state index in [0.717, 1.165) is 76.1 Å². The highest BCUT2D eigenvalue weighted by Gasteiger charge is 2.32. The van der Waals surface area contributed by atoms with Gasteiger partial charge in [0.25, 0.3) is 0 Å². The van der Waals surface area contributed by atoms with E-state index in [9.17, 15) is 4.79 Å². The molecule has 0 aromatic heterocycles. The summed E-state index contributed by atoms with van der Waals surface area (Å²) in [6.07, 6.45) is 5.33. The van der Waals surface area contributed by atoms with E-state index in [1.807, 2.05) is 12.1 Å². The van der Waals surface area contributed by atoms with Crippen molar-refractivity contribution in [3.63, 3.8) is 0 Å². The van der Waals surface area contributed by atoms with Gasteiger partial charge in [0.05, 0.1) is 27.2 Å². The lowest BCUT2D eigenvalue weighted by molar-refractivity contribution is -0.138. The summed E-state index contributed by atoms with van der Waals surface area (Å²) < 4.78 is 16.5. The fourth-order valence-corrected chi connectivity index (χ4v) is 5.42. The van der Waals surface area contributed by atoms with Crippen molar-refractivity contribution in [2.45, 2.75) is 38.6 Å². The van der Waals surface area contributed by atoms with Crippen molar-refractivity contribution in [2.75, 3.05) is 47.5 Å². The van der Waals surface area contributed by atoms with Gasteiger partial charge in [0.1, 0.15) is 5.75 Å². The van der Waals surface area contributed by atoms with E-state index in [4.69, 9.17) is 14.2 Å². The summed E-state index contributed by atoms with van der Waals surface area (Å²) in [6, 6.07) is 14.6. The van der Waals surface area contributed by atoms with Crippen molar-refractivity contribution in [1.82, 2.24) is 9.80 Å². The van der Waals surface area contributed by atoms with E-state index in [1.54, 1.807) is 21.3 Å². The lowest BCUT2D eigenvalue weighted by Gasteiger charge is -2.38. The zero-order valence-electron chi connectivity index (χ0n) is 20.8. The molecular formula is C28H38N2O4. The highest BCUT2D eigenvalue weighted by molar-refractivity contribution is 5.79. The van der Waals surface area contributed by atoms with Crippen LogP contribution in [-0.4, -0.2) is 63.2 Å². The molecule has 0 saturated carbocycles. The second-order valence-electron chi connectivity index (χ2n) is 9.55. The number of carbonyl (C=O) groups is 1. The zero-order valence-corrected chi connectivity index (χ0v) is 20.8. The molecule has 0 spiro atoms. The fraction of sp³-hybridized carbons (Fsp3) is 0.536. The first-order valence-corrected chi connectivity index (χ1v) is 12.4. The lowest BCUT2D eigenvalue weighted by Crippen LogP contribution is -2.47. The van der Waals surface area contributed by atoms with Crippen molar-refractivity contribution in [2.24, 2.45) is 11.8 Å². The maximum atomic E-state index is 13.4. The average molecular weight is 467 g/mol. The maximum Gasteiger partial charge on any atom is 0.226 e. The average Bonchev–Trinajstić information content (AvgIpc) is 2.89. The van der Waals surface area contributed by atoms with Crippen molar-refractivity contribution in [3.8, 4) is 17.2 Å². The van der Waals surface area contributed by atoms with Gasteiger partial charge < -0.3 is 19.1 Å². The van der Waals surface area contributed by atoms with E-state index >= 15 is 0 Å². The van der Waals surface area contributed by atoms with Gasteiger partial charge in [-0.25, -0.2) is 0 Å². The van der Waals surface area contributed by atoms with Crippen molar-refractivity contribution >= 4 is 5.91 Å². The van der Waals surface area contributed by atoms with E-state index in [0.29, 0.717) is 23.3 Å². The molecule has 2 aromatic carbocycles.